The van der Waals surface area contributed by atoms with Crippen molar-refractivity contribution in [3.05, 3.63) is 27.8 Å². The van der Waals surface area contributed by atoms with Gasteiger partial charge in [-0.25, -0.2) is 0 Å². The monoisotopic (exact) mass is 308 g/mol. The Labute approximate surface area is 132 Å². The fraction of sp³-hybridized carbons (Fsp3) is 0.647. The molecule has 2 unspecified atom stereocenters. The standard InChI is InChI=1S/C17H25ClN2O/c1-20-10-11(9-19)7-15(20)14-8-12-5-3-2-4-6-13(12)16(18)17(14)21/h8,11,15,21H,2-7,9-10,19H2,1H3. The molecule has 0 amide bonds. The van der Waals surface area contributed by atoms with Crippen molar-refractivity contribution < 1.29 is 5.11 Å². The number of aromatic hydroxyl groups is 1. The van der Waals surface area contributed by atoms with E-state index in [-0.39, 0.29) is 6.04 Å². The van der Waals surface area contributed by atoms with Crippen LogP contribution in [-0.2, 0) is 12.8 Å². The lowest BCUT2D eigenvalue weighted by Gasteiger charge is -2.23. The summed E-state index contributed by atoms with van der Waals surface area (Å²) in [6.45, 7) is 1.70. The number of likely N-dealkylation sites (tertiary alicyclic amines) is 1. The molecule has 1 aliphatic heterocycles. The Morgan fingerprint density at radius 1 is 1.33 bits per heavy atom. The number of phenolic OH excluding ortho intramolecular Hbond substituents is 1. The number of hydrogen-bond donors (Lipinski definition) is 2. The first kappa shape index (κ1) is 15.1. The average molecular weight is 309 g/mol. The summed E-state index contributed by atoms with van der Waals surface area (Å²) in [6, 6.07) is 2.45. The highest BCUT2D eigenvalue weighted by molar-refractivity contribution is 6.33. The van der Waals surface area contributed by atoms with Crippen LogP contribution in [0.3, 0.4) is 0 Å². The van der Waals surface area contributed by atoms with Gasteiger partial charge in [0.2, 0.25) is 0 Å². The molecule has 0 radical (unpaired) electrons. The van der Waals surface area contributed by atoms with Crippen LogP contribution in [0.25, 0.3) is 0 Å². The van der Waals surface area contributed by atoms with Crippen LogP contribution in [0.15, 0.2) is 6.07 Å². The summed E-state index contributed by atoms with van der Waals surface area (Å²) in [5.41, 5.74) is 9.33. The Morgan fingerprint density at radius 2 is 2.10 bits per heavy atom. The second-order valence-electron chi connectivity index (χ2n) is 6.62. The third kappa shape index (κ3) is 2.79. The minimum atomic E-state index is 0.240. The molecule has 0 bridgehead atoms. The molecule has 3 nitrogen and oxygen atoms in total. The van der Waals surface area contributed by atoms with E-state index in [9.17, 15) is 5.11 Å². The topological polar surface area (TPSA) is 49.5 Å². The summed E-state index contributed by atoms with van der Waals surface area (Å²) in [5.74, 6) is 0.809. The number of phenols is 1. The molecule has 0 aromatic heterocycles. The number of halogens is 1. The summed E-state index contributed by atoms with van der Waals surface area (Å²) >= 11 is 6.49. The predicted molar refractivity (Wildman–Crippen MR) is 86.9 cm³/mol. The van der Waals surface area contributed by atoms with Crippen molar-refractivity contribution in [2.24, 2.45) is 11.7 Å². The zero-order valence-corrected chi connectivity index (χ0v) is 13.5. The van der Waals surface area contributed by atoms with Crippen LogP contribution in [0, 0.1) is 5.92 Å². The first-order valence-electron chi connectivity index (χ1n) is 8.05. The minimum absolute atomic E-state index is 0.240. The molecule has 4 heteroatoms. The number of benzene rings is 1. The predicted octanol–water partition coefficient (Wildman–Crippen LogP) is 3.27. The van der Waals surface area contributed by atoms with Crippen LogP contribution in [0.1, 0.15) is 48.4 Å². The zero-order chi connectivity index (χ0) is 15.0. The maximum absolute atomic E-state index is 10.6. The van der Waals surface area contributed by atoms with E-state index >= 15 is 0 Å². The fourth-order valence-corrected chi connectivity index (χ4v) is 4.26. The summed E-state index contributed by atoms with van der Waals surface area (Å²) in [4.78, 5) is 2.30. The molecule has 0 spiro atoms. The molecule has 0 saturated carbocycles. The number of hydrogen-bond acceptors (Lipinski definition) is 3. The first-order chi connectivity index (χ1) is 10.1. The highest BCUT2D eigenvalue weighted by Gasteiger charge is 2.33. The summed E-state index contributed by atoms with van der Waals surface area (Å²) < 4.78 is 0. The van der Waals surface area contributed by atoms with Crippen LogP contribution >= 0.6 is 11.6 Å². The van der Waals surface area contributed by atoms with Gasteiger partial charge in [-0.1, -0.05) is 24.1 Å². The zero-order valence-electron chi connectivity index (χ0n) is 12.7. The molecule has 3 rings (SSSR count). The summed E-state index contributed by atoms with van der Waals surface area (Å²) in [6.07, 6.45) is 6.73. The Hall–Kier alpha value is -0.770. The van der Waals surface area contributed by atoms with Gasteiger partial charge in [-0.3, -0.25) is 4.90 Å². The van der Waals surface area contributed by atoms with Crippen molar-refractivity contribution in [1.29, 1.82) is 0 Å². The molecule has 1 saturated heterocycles. The second kappa shape index (κ2) is 6.15. The number of nitrogens with zero attached hydrogens (tertiary/aromatic N) is 1. The van der Waals surface area contributed by atoms with Gasteiger partial charge in [-0.2, -0.15) is 0 Å². The molecule has 1 fully saturated rings. The normalized spacial score (nSPS) is 26.6. The smallest absolute Gasteiger partial charge is 0.139 e. The molecule has 1 aliphatic carbocycles. The molecule has 1 aromatic rings. The van der Waals surface area contributed by atoms with E-state index in [1.165, 1.54) is 30.4 Å². The van der Waals surface area contributed by atoms with Gasteiger partial charge in [0.25, 0.3) is 0 Å². The van der Waals surface area contributed by atoms with E-state index in [2.05, 4.69) is 18.0 Å². The number of nitrogens with two attached hydrogens (primary N) is 1. The molecule has 2 atom stereocenters. The third-order valence-electron chi connectivity index (χ3n) is 5.16. The van der Waals surface area contributed by atoms with Gasteiger partial charge in [0.15, 0.2) is 0 Å². The largest absolute Gasteiger partial charge is 0.506 e. The maximum Gasteiger partial charge on any atom is 0.139 e. The average Bonchev–Trinajstić information content (AvgIpc) is 2.70. The van der Waals surface area contributed by atoms with Crippen LogP contribution in [0.2, 0.25) is 5.02 Å². The number of fused-ring (bicyclic) bond motifs is 1. The third-order valence-corrected chi connectivity index (χ3v) is 5.57. The van der Waals surface area contributed by atoms with Crippen molar-refractivity contribution in [1.82, 2.24) is 4.90 Å². The highest BCUT2D eigenvalue weighted by atomic mass is 35.5. The summed E-state index contributed by atoms with van der Waals surface area (Å²) in [5, 5.41) is 11.2. The Balaban J connectivity index is 1.99. The highest BCUT2D eigenvalue weighted by Crippen LogP contribution is 2.44. The Morgan fingerprint density at radius 3 is 2.81 bits per heavy atom. The van der Waals surface area contributed by atoms with Gasteiger partial charge in [0.05, 0.1) is 5.02 Å². The molecule has 3 N–H and O–H groups in total. The maximum atomic E-state index is 10.6. The Kier molecular flexibility index (Phi) is 4.43. The Bertz CT molecular complexity index is 532. The van der Waals surface area contributed by atoms with E-state index < -0.39 is 0 Å². The number of rotatable bonds is 2. The van der Waals surface area contributed by atoms with Gasteiger partial charge >= 0.3 is 0 Å². The first-order valence-corrected chi connectivity index (χ1v) is 8.43. The SMILES string of the molecule is CN1CC(CN)CC1c1cc2c(c(Cl)c1O)CCCCC2. The van der Waals surface area contributed by atoms with Crippen molar-refractivity contribution in [3.8, 4) is 5.75 Å². The van der Waals surface area contributed by atoms with Gasteiger partial charge in [0.1, 0.15) is 5.75 Å². The van der Waals surface area contributed by atoms with Crippen molar-refractivity contribution in [3.63, 3.8) is 0 Å². The van der Waals surface area contributed by atoms with Crippen molar-refractivity contribution >= 4 is 11.6 Å². The quantitative estimate of drug-likeness (QED) is 0.824. The van der Waals surface area contributed by atoms with E-state index in [1.807, 2.05) is 0 Å². The lowest BCUT2D eigenvalue weighted by Crippen LogP contribution is -2.20. The minimum Gasteiger partial charge on any atom is -0.506 e. The molecule has 116 valence electrons. The molecule has 2 aliphatic rings. The van der Waals surface area contributed by atoms with Crippen molar-refractivity contribution in [2.75, 3.05) is 20.1 Å². The van der Waals surface area contributed by atoms with Crippen LogP contribution < -0.4 is 5.73 Å². The molecule has 21 heavy (non-hydrogen) atoms. The van der Waals surface area contributed by atoms with Crippen LogP contribution in [-0.4, -0.2) is 30.1 Å². The van der Waals surface area contributed by atoms with Gasteiger partial charge < -0.3 is 10.8 Å². The lowest BCUT2D eigenvalue weighted by atomic mass is 9.93. The number of aryl methyl sites for hydroxylation is 1. The summed E-state index contributed by atoms with van der Waals surface area (Å²) in [7, 11) is 2.11. The van der Waals surface area contributed by atoms with E-state index in [0.29, 0.717) is 23.2 Å². The van der Waals surface area contributed by atoms with Gasteiger partial charge in [-0.05, 0) is 62.7 Å². The van der Waals surface area contributed by atoms with E-state index in [4.69, 9.17) is 17.3 Å². The van der Waals surface area contributed by atoms with Crippen LogP contribution in [0.4, 0.5) is 0 Å². The van der Waals surface area contributed by atoms with Crippen molar-refractivity contribution in [2.45, 2.75) is 44.6 Å². The molecule has 1 heterocycles. The van der Waals surface area contributed by atoms with Crippen LogP contribution in [0.5, 0.6) is 5.75 Å². The molecular weight excluding hydrogens is 284 g/mol. The van der Waals surface area contributed by atoms with E-state index in [0.717, 1.165) is 31.4 Å². The molecule has 1 aromatic carbocycles. The van der Waals surface area contributed by atoms with Gasteiger partial charge in [-0.15, -0.1) is 0 Å². The lowest BCUT2D eigenvalue weighted by molar-refractivity contribution is 0.305. The second-order valence-corrected chi connectivity index (χ2v) is 7.00. The fourth-order valence-electron chi connectivity index (χ4n) is 3.94. The molecular formula is C17H25ClN2O. The van der Waals surface area contributed by atoms with Gasteiger partial charge in [0, 0.05) is 18.2 Å². The van der Waals surface area contributed by atoms with E-state index in [1.54, 1.807) is 0 Å².